The first-order valence-electron chi connectivity index (χ1n) is 6.44. The molecule has 0 spiro atoms. The summed E-state index contributed by atoms with van der Waals surface area (Å²) in [6.07, 6.45) is 0.712. The van der Waals surface area contributed by atoms with E-state index in [1.54, 1.807) is 12.1 Å². The molecule has 0 aliphatic heterocycles. The number of hydrogen-bond acceptors (Lipinski definition) is 3. The van der Waals surface area contributed by atoms with Gasteiger partial charge in [-0.2, -0.15) is 0 Å². The predicted octanol–water partition coefficient (Wildman–Crippen LogP) is 0.636. The van der Waals surface area contributed by atoms with Gasteiger partial charge in [0.15, 0.2) is 0 Å². The predicted molar refractivity (Wildman–Crippen MR) is 74.5 cm³/mol. The van der Waals surface area contributed by atoms with Crippen LogP contribution in [0.1, 0.15) is 5.56 Å². The highest BCUT2D eigenvalue weighted by atomic mass is 19.1. The molecular formula is C14H22FN3O. The van der Waals surface area contributed by atoms with Gasteiger partial charge in [0, 0.05) is 19.6 Å². The normalized spacial score (nSPS) is 10.7. The molecule has 19 heavy (non-hydrogen) atoms. The molecular weight excluding hydrogens is 245 g/mol. The number of nitrogens with zero attached hydrogens (tertiary/aromatic N) is 1. The quantitative estimate of drug-likeness (QED) is 0.679. The topological polar surface area (TPSA) is 44.4 Å². The third-order valence-corrected chi connectivity index (χ3v) is 2.67. The number of nitrogens with one attached hydrogen (secondary N) is 2. The Morgan fingerprint density at radius 3 is 2.53 bits per heavy atom. The molecule has 0 saturated heterocycles. The summed E-state index contributed by atoms with van der Waals surface area (Å²) in [5, 5.41) is 5.89. The van der Waals surface area contributed by atoms with Gasteiger partial charge in [0.2, 0.25) is 5.91 Å². The summed E-state index contributed by atoms with van der Waals surface area (Å²) in [4.78, 5) is 13.5. The van der Waals surface area contributed by atoms with Gasteiger partial charge in [-0.3, -0.25) is 4.79 Å². The maximum Gasteiger partial charge on any atom is 0.233 e. The molecule has 4 nitrogen and oxygen atoms in total. The molecule has 106 valence electrons. The molecule has 5 heteroatoms. The van der Waals surface area contributed by atoms with Crippen molar-refractivity contribution in [2.75, 3.05) is 40.3 Å². The van der Waals surface area contributed by atoms with Crippen molar-refractivity contribution >= 4 is 5.91 Å². The molecule has 1 aromatic carbocycles. The van der Waals surface area contributed by atoms with Crippen molar-refractivity contribution in [3.63, 3.8) is 0 Å². The molecule has 1 amide bonds. The average Bonchev–Trinajstić information content (AvgIpc) is 2.37. The lowest BCUT2D eigenvalue weighted by molar-refractivity contribution is -0.120. The minimum Gasteiger partial charge on any atom is -0.355 e. The van der Waals surface area contributed by atoms with Gasteiger partial charge < -0.3 is 15.5 Å². The Bertz CT molecular complexity index is 379. The van der Waals surface area contributed by atoms with Crippen molar-refractivity contribution < 1.29 is 9.18 Å². The summed E-state index contributed by atoms with van der Waals surface area (Å²) < 4.78 is 12.7. The molecule has 0 unspecified atom stereocenters. The Hall–Kier alpha value is -1.46. The second-order valence-corrected chi connectivity index (χ2v) is 4.71. The van der Waals surface area contributed by atoms with Crippen LogP contribution in [0.3, 0.4) is 0 Å². The average molecular weight is 267 g/mol. The van der Waals surface area contributed by atoms with Crippen LogP contribution in [0, 0.1) is 5.82 Å². The van der Waals surface area contributed by atoms with Gasteiger partial charge in [0.05, 0.1) is 6.54 Å². The lowest BCUT2D eigenvalue weighted by Crippen LogP contribution is -2.37. The summed E-state index contributed by atoms with van der Waals surface area (Å²) in [7, 11) is 3.98. The van der Waals surface area contributed by atoms with Crippen LogP contribution in [0.15, 0.2) is 24.3 Å². The van der Waals surface area contributed by atoms with Crippen LogP contribution in [-0.4, -0.2) is 51.1 Å². The second-order valence-electron chi connectivity index (χ2n) is 4.71. The lowest BCUT2D eigenvalue weighted by atomic mass is 10.1. The largest absolute Gasteiger partial charge is 0.355 e. The Morgan fingerprint density at radius 1 is 1.21 bits per heavy atom. The van der Waals surface area contributed by atoms with E-state index >= 15 is 0 Å². The monoisotopic (exact) mass is 267 g/mol. The summed E-state index contributed by atoms with van der Waals surface area (Å²) in [5.74, 6) is -0.251. The zero-order chi connectivity index (χ0) is 14.1. The zero-order valence-electron chi connectivity index (χ0n) is 11.6. The molecule has 0 heterocycles. The molecule has 0 aliphatic rings. The number of carbonyl (C=O) groups excluding carboxylic acids is 1. The first-order chi connectivity index (χ1) is 9.08. The SMILES string of the molecule is CN(C)CCNCC(=O)NCCc1ccc(F)cc1. The fourth-order valence-electron chi connectivity index (χ4n) is 1.56. The fourth-order valence-corrected chi connectivity index (χ4v) is 1.56. The highest BCUT2D eigenvalue weighted by Crippen LogP contribution is 2.02. The molecule has 0 aromatic heterocycles. The Morgan fingerprint density at radius 2 is 1.89 bits per heavy atom. The van der Waals surface area contributed by atoms with E-state index in [0.29, 0.717) is 19.5 Å². The first-order valence-corrected chi connectivity index (χ1v) is 6.44. The van der Waals surface area contributed by atoms with Crippen LogP contribution in [-0.2, 0) is 11.2 Å². The Balaban J connectivity index is 2.08. The van der Waals surface area contributed by atoms with E-state index in [0.717, 1.165) is 18.7 Å². The van der Waals surface area contributed by atoms with Gasteiger partial charge >= 0.3 is 0 Å². The molecule has 0 bridgehead atoms. The van der Waals surface area contributed by atoms with E-state index in [9.17, 15) is 9.18 Å². The van der Waals surface area contributed by atoms with E-state index in [-0.39, 0.29) is 11.7 Å². The molecule has 0 aliphatic carbocycles. The summed E-state index contributed by atoms with van der Waals surface area (Å²) in [6.45, 7) is 2.60. The third kappa shape index (κ3) is 7.54. The smallest absolute Gasteiger partial charge is 0.233 e. The highest BCUT2D eigenvalue weighted by Gasteiger charge is 2.00. The van der Waals surface area contributed by atoms with Crippen molar-refractivity contribution in [2.24, 2.45) is 0 Å². The fraction of sp³-hybridized carbons (Fsp3) is 0.500. The van der Waals surface area contributed by atoms with Gasteiger partial charge in [-0.25, -0.2) is 4.39 Å². The Labute approximate surface area is 114 Å². The second kappa shape index (κ2) is 8.61. The van der Waals surface area contributed by atoms with Crippen molar-refractivity contribution in [3.8, 4) is 0 Å². The van der Waals surface area contributed by atoms with E-state index in [2.05, 4.69) is 15.5 Å². The van der Waals surface area contributed by atoms with Crippen molar-refractivity contribution in [3.05, 3.63) is 35.6 Å². The number of halogens is 1. The van der Waals surface area contributed by atoms with Crippen molar-refractivity contribution in [1.29, 1.82) is 0 Å². The van der Waals surface area contributed by atoms with E-state index in [1.165, 1.54) is 12.1 Å². The zero-order valence-corrected chi connectivity index (χ0v) is 11.6. The van der Waals surface area contributed by atoms with Gasteiger partial charge in [0.1, 0.15) is 5.82 Å². The Kier molecular flexibility index (Phi) is 7.07. The number of amides is 1. The molecule has 2 N–H and O–H groups in total. The van der Waals surface area contributed by atoms with Crippen LogP contribution in [0.4, 0.5) is 4.39 Å². The molecule has 1 rings (SSSR count). The van der Waals surface area contributed by atoms with Crippen molar-refractivity contribution in [1.82, 2.24) is 15.5 Å². The molecule has 0 radical (unpaired) electrons. The van der Waals surface area contributed by atoms with Crippen LogP contribution in [0.2, 0.25) is 0 Å². The van der Waals surface area contributed by atoms with Crippen LogP contribution < -0.4 is 10.6 Å². The minimum absolute atomic E-state index is 0.0131. The van der Waals surface area contributed by atoms with E-state index in [4.69, 9.17) is 0 Å². The van der Waals surface area contributed by atoms with Crippen LogP contribution in [0.25, 0.3) is 0 Å². The summed E-state index contributed by atoms with van der Waals surface area (Å²) in [6, 6.07) is 6.33. The number of likely N-dealkylation sites (N-methyl/N-ethyl adjacent to an activating group) is 1. The van der Waals surface area contributed by atoms with Gasteiger partial charge in [0.25, 0.3) is 0 Å². The minimum atomic E-state index is -0.238. The summed E-state index contributed by atoms with van der Waals surface area (Å²) >= 11 is 0. The van der Waals surface area contributed by atoms with Gasteiger partial charge in [-0.05, 0) is 38.2 Å². The van der Waals surface area contributed by atoms with E-state index < -0.39 is 0 Å². The molecule has 0 saturated carbocycles. The number of carbonyl (C=O) groups is 1. The molecule has 0 fully saturated rings. The standard InChI is InChI=1S/C14H22FN3O/c1-18(2)10-9-16-11-14(19)17-8-7-12-3-5-13(15)6-4-12/h3-6,16H,7-11H2,1-2H3,(H,17,19). The molecule has 0 atom stereocenters. The third-order valence-electron chi connectivity index (χ3n) is 2.67. The summed E-state index contributed by atoms with van der Waals surface area (Å²) in [5.41, 5.74) is 1.02. The number of rotatable bonds is 8. The highest BCUT2D eigenvalue weighted by molar-refractivity contribution is 5.77. The first kappa shape index (κ1) is 15.6. The van der Waals surface area contributed by atoms with E-state index in [1.807, 2.05) is 14.1 Å². The van der Waals surface area contributed by atoms with Crippen LogP contribution >= 0.6 is 0 Å². The lowest BCUT2D eigenvalue weighted by Gasteiger charge is -2.10. The number of hydrogen-bond donors (Lipinski definition) is 2. The molecule has 1 aromatic rings. The van der Waals surface area contributed by atoms with Gasteiger partial charge in [-0.15, -0.1) is 0 Å². The number of benzene rings is 1. The maximum absolute atomic E-state index is 12.7. The van der Waals surface area contributed by atoms with Gasteiger partial charge in [-0.1, -0.05) is 12.1 Å². The van der Waals surface area contributed by atoms with Crippen molar-refractivity contribution in [2.45, 2.75) is 6.42 Å². The maximum atomic E-state index is 12.7. The van der Waals surface area contributed by atoms with Crippen LogP contribution in [0.5, 0.6) is 0 Å².